The van der Waals surface area contributed by atoms with Gasteiger partial charge in [-0.1, -0.05) is 54.1 Å². The monoisotopic (exact) mass is 347 g/mol. The van der Waals surface area contributed by atoms with Gasteiger partial charge in [-0.3, -0.25) is 9.59 Å². The number of Topliss-reactive ketones (excluding diaryl/α,β-unsaturated/α-hetero) is 2. The van der Waals surface area contributed by atoms with Crippen LogP contribution in [0.15, 0.2) is 60.3 Å². The number of carbonyl (C=O) groups is 2. The van der Waals surface area contributed by atoms with Gasteiger partial charge in [0.1, 0.15) is 0 Å². The average molecular weight is 347 g/mol. The molecule has 0 heterocycles. The van der Waals surface area contributed by atoms with Crippen LogP contribution >= 0.6 is 0 Å². The van der Waals surface area contributed by atoms with Gasteiger partial charge in [-0.05, 0) is 36.0 Å². The molecule has 134 valence electrons. The summed E-state index contributed by atoms with van der Waals surface area (Å²) in [4.78, 5) is 26.8. The minimum absolute atomic E-state index is 0.0321. The first-order valence-corrected chi connectivity index (χ1v) is 9.02. The van der Waals surface area contributed by atoms with Crippen LogP contribution in [0.3, 0.4) is 0 Å². The number of ketones is 2. The van der Waals surface area contributed by atoms with E-state index < -0.39 is 0 Å². The summed E-state index contributed by atoms with van der Waals surface area (Å²) in [5.41, 5.74) is 5.14. The number of allylic oxidation sites excluding steroid dienone is 1. The summed E-state index contributed by atoms with van der Waals surface area (Å²) in [6.07, 6.45) is 3.27. The molecular formula is C23H25NO2. The fourth-order valence-electron chi connectivity index (χ4n) is 3.65. The van der Waals surface area contributed by atoms with Gasteiger partial charge in [-0.15, -0.1) is 0 Å². The van der Waals surface area contributed by atoms with Crippen molar-refractivity contribution in [1.29, 1.82) is 0 Å². The predicted molar refractivity (Wildman–Crippen MR) is 104 cm³/mol. The van der Waals surface area contributed by atoms with Gasteiger partial charge in [0.25, 0.3) is 0 Å². The number of hydrogen-bond donors (Lipinski definition) is 0. The number of rotatable bonds is 4. The highest BCUT2D eigenvalue weighted by atomic mass is 16.1. The second kappa shape index (κ2) is 7.69. The van der Waals surface area contributed by atoms with E-state index in [1.165, 1.54) is 16.7 Å². The van der Waals surface area contributed by atoms with Crippen molar-refractivity contribution in [3.05, 3.63) is 82.6 Å². The molecule has 1 fully saturated rings. The molecule has 1 aliphatic carbocycles. The lowest BCUT2D eigenvalue weighted by molar-refractivity contribution is -0.124. The molecule has 1 aliphatic rings. The first-order valence-electron chi connectivity index (χ1n) is 9.02. The molecule has 0 unspecified atom stereocenters. The van der Waals surface area contributed by atoms with E-state index in [0.29, 0.717) is 18.4 Å². The minimum atomic E-state index is -0.0506. The van der Waals surface area contributed by atoms with Crippen LogP contribution in [0.2, 0.25) is 0 Å². The molecule has 2 aromatic carbocycles. The molecule has 1 saturated carbocycles. The number of nitrogens with zero attached hydrogens (tertiary/aromatic N) is 1. The number of aryl methyl sites for hydroxylation is 1. The Morgan fingerprint density at radius 3 is 2.35 bits per heavy atom. The van der Waals surface area contributed by atoms with Gasteiger partial charge in [0.05, 0.1) is 5.57 Å². The van der Waals surface area contributed by atoms with Crippen LogP contribution in [0.5, 0.6) is 0 Å². The number of benzene rings is 2. The molecule has 0 atom stereocenters. The zero-order valence-electron chi connectivity index (χ0n) is 15.7. The second-order valence-corrected chi connectivity index (χ2v) is 7.32. The van der Waals surface area contributed by atoms with Gasteiger partial charge in [0.15, 0.2) is 11.6 Å². The third-order valence-electron chi connectivity index (χ3n) is 4.82. The highest BCUT2D eigenvalue weighted by molar-refractivity contribution is 6.22. The van der Waals surface area contributed by atoms with Crippen molar-refractivity contribution in [2.24, 2.45) is 0 Å². The standard InChI is InChI=1S/C23H25NO2/c1-16-7-6-8-17(11-16)12-18-9-4-5-10-20(18)19-13-22(25)21(15-24(2)3)23(26)14-19/h4-11,15,19H,12-14H2,1-3H3. The molecule has 3 nitrogen and oxygen atoms in total. The Hall–Kier alpha value is -2.68. The Balaban J connectivity index is 1.87. The van der Waals surface area contributed by atoms with Crippen molar-refractivity contribution in [3.63, 3.8) is 0 Å². The highest BCUT2D eigenvalue weighted by Crippen LogP contribution is 2.34. The maximum atomic E-state index is 12.5. The Morgan fingerprint density at radius 1 is 1.00 bits per heavy atom. The third-order valence-corrected chi connectivity index (χ3v) is 4.82. The molecule has 2 aromatic rings. The fraction of sp³-hybridized carbons (Fsp3) is 0.304. The Kier molecular flexibility index (Phi) is 5.36. The van der Waals surface area contributed by atoms with Crippen LogP contribution in [-0.2, 0) is 16.0 Å². The maximum Gasteiger partial charge on any atom is 0.168 e. The SMILES string of the molecule is Cc1cccc(Cc2ccccc2C2CC(=O)C(=CN(C)C)C(=O)C2)c1. The minimum Gasteiger partial charge on any atom is -0.383 e. The van der Waals surface area contributed by atoms with Crippen molar-refractivity contribution in [3.8, 4) is 0 Å². The lowest BCUT2D eigenvalue weighted by atomic mass is 9.78. The van der Waals surface area contributed by atoms with Gasteiger partial charge in [0, 0.05) is 33.1 Å². The molecule has 0 spiro atoms. The van der Waals surface area contributed by atoms with Crippen molar-refractivity contribution >= 4 is 11.6 Å². The largest absolute Gasteiger partial charge is 0.383 e. The average Bonchev–Trinajstić information content (AvgIpc) is 2.58. The Labute approximate surface area is 155 Å². The quantitative estimate of drug-likeness (QED) is 0.619. The Morgan fingerprint density at radius 2 is 1.69 bits per heavy atom. The summed E-state index contributed by atoms with van der Waals surface area (Å²) in [5, 5.41) is 0. The number of hydrogen-bond acceptors (Lipinski definition) is 3. The molecule has 0 saturated heterocycles. The summed E-state index contributed by atoms with van der Waals surface area (Å²) in [7, 11) is 3.66. The van der Waals surface area contributed by atoms with Crippen molar-refractivity contribution < 1.29 is 9.59 Å². The maximum absolute atomic E-state index is 12.5. The summed E-state index contributed by atoms with van der Waals surface area (Å²) >= 11 is 0. The van der Waals surface area contributed by atoms with E-state index in [1.807, 2.05) is 26.2 Å². The van der Waals surface area contributed by atoms with E-state index >= 15 is 0 Å². The van der Waals surface area contributed by atoms with Crippen molar-refractivity contribution in [2.75, 3.05) is 14.1 Å². The molecule has 0 aromatic heterocycles. The summed E-state index contributed by atoms with van der Waals surface area (Å²) in [6.45, 7) is 2.09. The molecule has 3 rings (SSSR count). The Bertz CT molecular complexity index is 844. The molecule has 0 radical (unpaired) electrons. The topological polar surface area (TPSA) is 37.4 Å². The first-order chi connectivity index (χ1) is 12.4. The van der Waals surface area contributed by atoms with Crippen molar-refractivity contribution in [1.82, 2.24) is 4.90 Å². The zero-order valence-corrected chi connectivity index (χ0v) is 15.7. The van der Waals surface area contributed by atoms with Crippen LogP contribution in [-0.4, -0.2) is 30.6 Å². The van der Waals surface area contributed by atoms with E-state index in [-0.39, 0.29) is 17.5 Å². The van der Waals surface area contributed by atoms with E-state index in [4.69, 9.17) is 0 Å². The number of carbonyl (C=O) groups excluding carboxylic acids is 2. The predicted octanol–water partition coefficient (Wildman–Crippen LogP) is 4.05. The van der Waals surface area contributed by atoms with Crippen LogP contribution in [0.1, 0.15) is 41.0 Å². The molecule has 26 heavy (non-hydrogen) atoms. The smallest absolute Gasteiger partial charge is 0.168 e. The van der Waals surface area contributed by atoms with Crippen molar-refractivity contribution in [2.45, 2.75) is 32.1 Å². The van der Waals surface area contributed by atoms with Crippen LogP contribution in [0.4, 0.5) is 0 Å². The van der Waals surface area contributed by atoms with Gasteiger partial charge in [0.2, 0.25) is 0 Å². The van der Waals surface area contributed by atoms with E-state index in [2.05, 4.69) is 43.3 Å². The van der Waals surface area contributed by atoms with Gasteiger partial charge in [-0.2, -0.15) is 0 Å². The molecular weight excluding hydrogens is 322 g/mol. The molecule has 0 N–H and O–H groups in total. The van der Waals surface area contributed by atoms with Gasteiger partial charge < -0.3 is 4.90 Å². The van der Waals surface area contributed by atoms with Crippen LogP contribution < -0.4 is 0 Å². The van der Waals surface area contributed by atoms with E-state index in [0.717, 1.165) is 12.0 Å². The van der Waals surface area contributed by atoms with Gasteiger partial charge >= 0.3 is 0 Å². The lowest BCUT2D eigenvalue weighted by Crippen LogP contribution is -2.26. The molecule has 0 aliphatic heterocycles. The summed E-state index contributed by atoms with van der Waals surface area (Å²) in [5.74, 6) is -0.133. The normalized spacial score (nSPS) is 17.3. The zero-order chi connectivity index (χ0) is 18.7. The van der Waals surface area contributed by atoms with E-state index in [9.17, 15) is 9.59 Å². The fourth-order valence-corrected chi connectivity index (χ4v) is 3.65. The third kappa shape index (κ3) is 4.10. The van der Waals surface area contributed by atoms with Crippen LogP contribution in [0.25, 0.3) is 0 Å². The first kappa shape index (κ1) is 18.1. The molecule has 0 bridgehead atoms. The molecule has 3 heteroatoms. The van der Waals surface area contributed by atoms with Gasteiger partial charge in [-0.25, -0.2) is 0 Å². The van der Waals surface area contributed by atoms with Crippen LogP contribution in [0, 0.1) is 6.92 Å². The summed E-state index contributed by atoms with van der Waals surface area (Å²) < 4.78 is 0. The second-order valence-electron chi connectivity index (χ2n) is 7.32. The molecule has 0 amide bonds. The van der Waals surface area contributed by atoms with E-state index in [1.54, 1.807) is 11.1 Å². The highest BCUT2D eigenvalue weighted by Gasteiger charge is 2.32. The summed E-state index contributed by atoms with van der Waals surface area (Å²) in [6, 6.07) is 16.7. The lowest BCUT2D eigenvalue weighted by Gasteiger charge is -2.25.